The van der Waals surface area contributed by atoms with Crippen LogP contribution in [0.2, 0.25) is 0 Å². The lowest BCUT2D eigenvalue weighted by Crippen LogP contribution is -2.32. The van der Waals surface area contributed by atoms with Gasteiger partial charge in [-0.1, -0.05) is 6.07 Å². The predicted octanol–water partition coefficient (Wildman–Crippen LogP) is 1.37. The van der Waals surface area contributed by atoms with E-state index < -0.39 is 21.4 Å². The number of nitrogens with two attached hydrogens (primary N) is 1. The van der Waals surface area contributed by atoms with Gasteiger partial charge in [0.05, 0.1) is 14.2 Å². The second kappa shape index (κ2) is 8.38. The molecule has 0 aliphatic carbocycles. The van der Waals surface area contributed by atoms with Crippen LogP contribution in [0.15, 0.2) is 36.7 Å². The van der Waals surface area contributed by atoms with Crippen LogP contribution in [0, 0.1) is 6.92 Å². The monoisotopic (exact) mass is 433 g/mol. The smallest absolute Gasteiger partial charge is 0.214 e. The number of para-hydroxylation sites is 1. The number of hydrogen-bond acceptors (Lipinski definition) is 8. The fraction of sp³-hybridized carbons (Fsp3) is 0.316. The highest BCUT2D eigenvalue weighted by Gasteiger charge is 2.33. The zero-order chi connectivity index (χ0) is 22.1. The molecule has 0 saturated heterocycles. The number of aryl methyl sites for hydroxylation is 1. The highest BCUT2D eigenvalue weighted by molar-refractivity contribution is 7.89. The summed E-state index contributed by atoms with van der Waals surface area (Å²) in [5.74, 6) is 1.11. The van der Waals surface area contributed by atoms with E-state index in [1.165, 1.54) is 25.7 Å². The van der Waals surface area contributed by atoms with Crippen molar-refractivity contribution in [3.8, 4) is 28.6 Å². The summed E-state index contributed by atoms with van der Waals surface area (Å²) in [6, 6.07) is 6.99. The molecule has 1 aromatic carbocycles. The quantitative estimate of drug-likeness (QED) is 0.569. The number of methoxy groups -OCH3 is 2. The van der Waals surface area contributed by atoms with Crippen LogP contribution in [-0.4, -0.2) is 52.7 Å². The van der Waals surface area contributed by atoms with E-state index in [2.05, 4.69) is 15.2 Å². The summed E-state index contributed by atoms with van der Waals surface area (Å²) in [7, 11) is -1.08. The maximum absolute atomic E-state index is 11.9. The Hall–Kier alpha value is -3.02. The first-order valence-electron chi connectivity index (χ1n) is 8.97. The number of aliphatic hydroxyl groups is 1. The Morgan fingerprint density at radius 2 is 1.77 bits per heavy atom. The molecule has 0 fully saturated rings. The van der Waals surface area contributed by atoms with Crippen molar-refractivity contribution < 1.29 is 23.0 Å². The first-order chi connectivity index (χ1) is 14.2. The fourth-order valence-corrected chi connectivity index (χ4v) is 3.50. The number of nitrogens with zero attached hydrogens (tertiary/aromatic N) is 4. The Labute approximate surface area is 174 Å². The van der Waals surface area contributed by atoms with Crippen LogP contribution < -0.4 is 14.6 Å². The van der Waals surface area contributed by atoms with Gasteiger partial charge in [-0.3, -0.25) is 9.55 Å². The molecule has 2 unspecified atom stereocenters. The molecule has 11 heteroatoms. The van der Waals surface area contributed by atoms with Crippen LogP contribution in [0.25, 0.3) is 17.1 Å². The number of sulfonamides is 1. The molecule has 2 heterocycles. The van der Waals surface area contributed by atoms with E-state index in [0.29, 0.717) is 28.6 Å². The van der Waals surface area contributed by atoms with Crippen molar-refractivity contribution in [2.75, 3.05) is 14.2 Å². The molecule has 0 bridgehead atoms. The average Bonchev–Trinajstić information content (AvgIpc) is 3.15. The highest BCUT2D eigenvalue weighted by Crippen LogP contribution is 2.38. The third-order valence-electron chi connectivity index (χ3n) is 4.67. The van der Waals surface area contributed by atoms with Crippen LogP contribution in [-0.2, 0) is 10.0 Å². The van der Waals surface area contributed by atoms with Crippen molar-refractivity contribution in [3.05, 3.63) is 48.0 Å². The number of rotatable bonds is 7. The van der Waals surface area contributed by atoms with Gasteiger partial charge < -0.3 is 14.6 Å². The molecule has 2 aromatic heterocycles. The summed E-state index contributed by atoms with van der Waals surface area (Å²) < 4.78 is 36.2. The minimum absolute atomic E-state index is 0.0316. The first kappa shape index (κ1) is 21.7. The average molecular weight is 433 g/mol. The molecule has 0 radical (unpaired) electrons. The summed E-state index contributed by atoms with van der Waals surface area (Å²) >= 11 is 0. The lowest BCUT2D eigenvalue weighted by Gasteiger charge is -2.21. The minimum atomic E-state index is -4.05. The molecule has 10 nitrogen and oxygen atoms in total. The largest absolute Gasteiger partial charge is 0.494 e. The van der Waals surface area contributed by atoms with Gasteiger partial charge in [0.2, 0.25) is 10.0 Å². The summed E-state index contributed by atoms with van der Waals surface area (Å²) in [6.07, 6.45) is 1.72. The third-order valence-corrected chi connectivity index (χ3v) is 5.97. The van der Waals surface area contributed by atoms with Gasteiger partial charge in [0.1, 0.15) is 28.5 Å². The van der Waals surface area contributed by atoms with Gasteiger partial charge in [0.25, 0.3) is 0 Å². The van der Waals surface area contributed by atoms with Gasteiger partial charge in [-0.05, 0) is 37.6 Å². The van der Waals surface area contributed by atoms with Crippen LogP contribution in [0.3, 0.4) is 0 Å². The Morgan fingerprint density at radius 3 is 2.30 bits per heavy atom. The van der Waals surface area contributed by atoms with Gasteiger partial charge in [-0.15, -0.1) is 10.2 Å². The van der Waals surface area contributed by atoms with Crippen molar-refractivity contribution in [2.24, 2.45) is 5.14 Å². The standard InChI is InChI=1S/C19H23N5O5S/c1-11-8-13(10-21-9-11)18-22-23-19(17(25)12(2)30(20,26)27)24(18)16-14(28-3)6-5-7-15(16)29-4/h5-10,12,17,25H,1-4H3,(H2,20,26,27). The fourth-order valence-electron chi connectivity index (χ4n) is 3.01. The minimum Gasteiger partial charge on any atom is -0.494 e. The summed E-state index contributed by atoms with van der Waals surface area (Å²) in [6.45, 7) is 3.17. The van der Waals surface area contributed by atoms with Crippen molar-refractivity contribution in [2.45, 2.75) is 25.2 Å². The first-order valence-corrected chi connectivity index (χ1v) is 10.6. The molecule has 30 heavy (non-hydrogen) atoms. The number of pyridine rings is 1. The molecule has 2 atom stereocenters. The third kappa shape index (κ3) is 3.99. The van der Waals surface area contributed by atoms with Crippen molar-refractivity contribution in [3.63, 3.8) is 0 Å². The van der Waals surface area contributed by atoms with Crippen molar-refractivity contribution >= 4 is 10.0 Å². The molecule has 0 aliphatic rings. The Morgan fingerprint density at radius 1 is 1.13 bits per heavy atom. The number of primary sulfonamides is 1. The van der Waals surface area contributed by atoms with Gasteiger partial charge >= 0.3 is 0 Å². The normalized spacial score (nSPS) is 13.7. The van der Waals surface area contributed by atoms with Crippen LogP contribution >= 0.6 is 0 Å². The Kier molecular flexibility index (Phi) is 6.06. The number of hydrogen-bond donors (Lipinski definition) is 2. The molecule has 3 aromatic rings. The molecule has 0 amide bonds. The topological polar surface area (TPSA) is 142 Å². The van der Waals surface area contributed by atoms with E-state index in [1.807, 2.05) is 13.0 Å². The molecule has 0 aliphatic heterocycles. The summed E-state index contributed by atoms with van der Waals surface area (Å²) in [5.41, 5.74) is 1.89. The lowest BCUT2D eigenvalue weighted by atomic mass is 10.1. The van der Waals surface area contributed by atoms with Crippen LogP contribution in [0.1, 0.15) is 24.4 Å². The zero-order valence-corrected chi connectivity index (χ0v) is 17.8. The predicted molar refractivity (Wildman–Crippen MR) is 110 cm³/mol. The molecular formula is C19H23N5O5S. The van der Waals surface area contributed by atoms with Gasteiger partial charge in [0, 0.05) is 18.0 Å². The number of ether oxygens (including phenoxy) is 2. The van der Waals surface area contributed by atoms with Gasteiger partial charge in [0.15, 0.2) is 11.6 Å². The van der Waals surface area contributed by atoms with Crippen LogP contribution in [0.4, 0.5) is 0 Å². The molecule has 3 rings (SSSR count). The SMILES string of the molecule is COc1cccc(OC)c1-n1c(-c2cncc(C)c2)nnc1C(O)C(C)S(N)(=O)=O. The van der Waals surface area contributed by atoms with Crippen molar-refractivity contribution in [1.82, 2.24) is 19.7 Å². The van der Waals surface area contributed by atoms with Crippen LogP contribution in [0.5, 0.6) is 11.5 Å². The molecular weight excluding hydrogens is 410 g/mol. The zero-order valence-electron chi connectivity index (χ0n) is 17.0. The molecule has 0 spiro atoms. The number of benzene rings is 1. The van der Waals surface area contributed by atoms with E-state index in [4.69, 9.17) is 14.6 Å². The Bertz CT molecular complexity index is 1140. The van der Waals surface area contributed by atoms with E-state index in [9.17, 15) is 13.5 Å². The number of aromatic nitrogens is 4. The molecule has 160 valence electrons. The van der Waals surface area contributed by atoms with E-state index in [-0.39, 0.29) is 5.82 Å². The Balaban J connectivity index is 2.35. The lowest BCUT2D eigenvalue weighted by molar-refractivity contribution is 0.163. The maximum atomic E-state index is 11.9. The molecule has 0 saturated carbocycles. The van der Waals surface area contributed by atoms with Gasteiger partial charge in [-0.2, -0.15) is 0 Å². The van der Waals surface area contributed by atoms with E-state index >= 15 is 0 Å². The summed E-state index contributed by atoms with van der Waals surface area (Å²) in [4.78, 5) is 4.19. The van der Waals surface area contributed by atoms with Crippen molar-refractivity contribution in [1.29, 1.82) is 0 Å². The van der Waals surface area contributed by atoms with Gasteiger partial charge in [-0.25, -0.2) is 13.6 Å². The second-order valence-electron chi connectivity index (χ2n) is 6.72. The molecule has 3 N–H and O–H groups in total. The second-order valence-corrected chi connectivity index (χ2v) is 8.64. The van der Waals surface area contributed by atoms with E-state index in [1.54, 1.807) is 30.6 Å². The number of aliphatic hydroxyl groups excluding tert-OH is 1. The van der Waals surface area contributed by atoms with E-state index in [0.717, 1.165) is 5.56 Å². The highest BCUT2D eigenvalue weighted by atomic mass is 32.2. The summed E-state index contributed by atoms with van der Waals surface area (Å²) in [5, 5.41) is 23.0. The maximum Gasteiger partial charge on any atom is 0.214 e.